The third kappa shape index (κ3) is 2.04. The zero-order valence-corrected chi connectivity index (χ0v) is 10.7. The van der Waals surface area contributed by atoms with Gasteiger partial charge in [-0.3, -0.25) is 0 Å². The minimum Gasteiger partial charge on any atom is -0.216 e. The summed E-state index contributed by atoms with van der Waals surface area (Å²) in [7, 11) is 0. The molecule has 1 aromatic heterocycles. The Kier molecular flexibility index (Phi) is 3.45. The summed E-state index contributed by atoms with van der Waals surface area (Å²) < 4.78 is 68.0. The molecule has 3 nitrogen and oxygen atoms in total. The van der Waals surface area contributed by atoms with E-state index in [0.717, 1.165) is 24.5 Å². The third-order valence-corrected chi connectivity index (χ3v) is 3.19. The van der Waals surface area contributed by atoms with Crippen LogP contribution in [0.4, 0.5) is 22.0 Å². The van der Waals surface area contributed by atoms with E-state index in [0.29, 0.717) is 6.92 Å². The molecule has 108 valence electrons. The van der Waals surface area contributed by atoms with Crippen molar-refractivity contribution in [3.8, 4) is 0 Å². The Balaban J connectivity index is 2.82. The zero-order valence-electron chi connectivity index (χ0n) is 9.92. The summed E-state index contributed by atoms with van der Waals surface area (Å²) in [5, 5.41) is 2.70. The van der Waals surface area contributed by atoms with Gasteiger partial charge in [0.1, 0.15) is 18.0 Å². The first kappa shape index (κ1) is 14.7. The van der Waals surface area contributed by atoms with Crippen LogP contribution in [0.3, 0.4) is 0 Å². The van der Waals surface area contributed by atoms with E-state index in [1.807, 2.05) is 0 Å². The maximum absolute atomic E-state index is 13.8. The summed E-state index contributed by atoms with van der Waals surface area (Å²) in [6.45, 7) is 0.578. The van der Waals surface area contributed by atoms with Crippen LogP contribution in [0.1, 0.15) is 12.5 Å². The highest BCUT2D eigenvalue weighted by Crippen LogP contribution is 2.44. The first-order valence-corrected chi connectivity index (χ1v) is 5.64. The van der Waals surface area contributed by atoms with Gasteiger partial charge in [0, 0.05) is 0 Å². The van der Waals surface area contributed by atoms with Crippen molar-refractivity contribution in [3.05, 3.63) is 47.0 Å². The maximum atomic E-state index is 13.8. The van der Waals surface area contributed by atoms with Crippen molar-refractivity contribution in [2.45, 2.75) is 18.6 Å². The largest absolute Gasteiger partial charge is 0.417 e. The van der Waals surface area contributed by atoms with Crippen LogP contribution in [0.25, 0.3) is 0 Å². The smallest absolute Gasteiger partial charge is 0.216 e. The van der Waals surface area contributed by atoms with Gasteiger partial charge in [-0.25, -0.2) is 18.4 Å². The molecule has 2 aromatic rings. The molecule has 20 heavy (non-hydrogen) atoms. The molecule has 0 fully saturated rings. The molecule has 0 radical (unpaired) electrons. The van der Waals surface area contributed by atoms with Gasteiger partial charge in [0.2, 0.25) is 5.28 Å². The van der Waals surface area contributed by atoms with Crippen LogP contribution < -0.4 is 0 Å². The standard InChI is InChI=1S/C11H7ClF5N3/c1-10(11(15,16)17,20-9(12)18-5-19-20)8-6(13)3-2-4-7(8)14/h2-5H,1H3. The van der Waals surface area contributed by atoms with Gasteiger partial charge in [-0.1, -0.05) is 6.07 Å². The number of benzene rings is 1. The first-order chi connectivity index (χ1) is 9.19. The van der Waals surface area contributed by atoms with Gasteiger partial charge in [-0.15, -0.1) is 0 Å². The molecule has 2 rings (SSSR count). The minimum absolute atomic E-state index is 0.232. The quantitative estimate of drug-likeness (QED) is 0.794. The molecule has 1 heterocycles. The van der Waals surface area contributed by atoms with E-state index in [1.165, 1.54) is 0 Å². The van der Waals surface area contributed by atoms with E-state index in [4.69, 9.17) is 11.6 Å². The van der Waals surface area contributed by atoms with Crippen LogP contribution in [0.5, 0.6) is 0 Å². The van der Waals surface area contributed by atoms with Gasteiger partial charge in [0.05, 0.1) is 5.56 Å². The van der Waals surface area contributed by atoms with Crippen molar-refractivity contribution in [1.82, 2.24) is 14.8 Å². The number of hydrogen-bond donors (Lipinski definition) is 0. The highest BCUT2D eigenvalue weighted by molar-refractivity contribution is 6.28. The highest BCUT2D eigenvalue weighted by atomic mass is 35.5. The summed E-state index contributed by atoms with van der Waals surface area (Å²) >= 11 is 5.53. The van der Waals surface area contributed by atoms with Crippen molar-refractivity contribution in [1.29, 1.82) is 0 Å². The molecule has 0 bridgehead atoms. The Labute approximate surface area is 115 Å². The molecule has 1 unspecified atom stereocenters. The summed E-state index contributed by atoms with van der Waals surface area (Å²) in [6.07, 6.45) is -4.28. The molecule has 1 atom stereocenters. The lowest BCUT2D eigenvalue weighted by Crippen LogP contribution is -2.48. The lowest BCUT2D eigenvalue weighted by Gasteiger charge is -2.33. The van der Waals surface area contributed by atoms with Gasteiger partial charge in [0.15, 0.2) is 5.54 Å². The van der Waals surface area contributed by atoms with E-state index in [1.54, 1.807) is 0 Å². The molecule has 1 aromatic carbocycles. The molecule has 0 saturated heterocycles. The fraction of sp³-hybridized carbons (Fsp3) is 0.273. The highest BCUT2D eigenvalue weighted by Gasteiger charge is 2.58. The van der Waals surface area contributed by atoms with E-state index >= 15 is 0 Å². The summed E-state index contributed by atoms with van der Waals surface area (Å²) in [4.78, 5) is 3.35. The van der Waals surface area contributed by atoms with Crippen molar-refractivity contribution in [2.75, 3.05) is 0 Å². The van der Waals surface area contributed by atoms with Crippen molar-refractivity contribution in [2.24, 2.45) is 0 Å². The normalized spacial score (nSPS) is 15.2. The lowest BCUT2D eigenvalue weighted by molar-refractivity contribution is -0.199. The summed E-state index contributed by atoms with van der Waals surface area (Å²) in [5.74, 6) is -2.70. The molecule has 0 amide bonds. The first-order valence-electron chi connectivity index (χ1n) is 5.27. The second-order valence-electron chi connectivity index (χ2n) is 4.11. The fourth-order valence-electron chi connectivity index (χ4n) is 1.86. The number of aromatic nitrogens is 3. The number of hydrogen-bond acceptors (Lipinski definition) is 2. The maximum Gasteiger partial charge on any atom is 0.417 e. The number of alkyl halides is 3. The Hall–Kier alpha value is -1.70. The van der Waals surface area contributed by atoms with E-state index in [9.17, 15) is 22.0 Å². The molecular formula is C11H7ClF5N3. The van der Waals surface area contributed by atoms with Crippen LogP contribution in [-0.4, -0.2) is 20.9 Å². The molecule has 0 aliphatic rings. The number of halogens is 6. The van der Waals surface area contributed by atoms with Crippen molar-refractivity contribution >= 4 is 11.6 Å². The molecule has 0 spiro atoms. The van der Waals surface area contributed by atoms with E-state index < -0.39 is 34.2 Å². The average Bonchev–Trinajstić information content (AvgIpc) is 2.73. The van der Waals surface area contributed by atoms with Crippen LogP contribution in [0.15, 0.2) is 24.5 Å². The Morgan fingerprint density at radius 2 is 1.70 bits per heavy atom. The van der Waals surface area contributed by atoms with Gasteiger partial charge in [-0.05, 0) is 30.7 Å². The van der Waals surface area contributed by atoms with Gasteiger partial charge < -0.3 is 0 Å². The fourth-order valence-corrected chi connectivity index (χ4v) is 2.11. The molecular weight excluding hydrogens is 305 g/mol. The molecule has 0 aliphatic carbocycles. The van der Waals surface area contributed by atoms with Gasteiger partial charge >= 0.3 is 6.18 Å². The topological polar surface area (TPSA) is 30.7 Å². The predicted molar refractivity (Wildman–Crippen MR) is 60.2 cm³/mol. The second-order valence-corrected chi connectivity index (χ2v) is 4.45. The predicted octanol–water partition coefficient (Wildman–Crippen LogP) is 3.54. The summed E-state index contributed by atoms with van der Waals surface area (Å²) in [6, 6.07) is 2.42. The van der Waals surface area contributed by atoms with Gasteiger partial charge in [-0.2, -0.15) is 18.3 Å². The average molecular weight is 312 g/mol. The molecule has 0 aliphatic heterocycles. The monoisotopic (exact) mass is 311 g/mol. The number of rotatable bonds is 2. The van der Waals surface area contributed by atoms with Crippen LogP contribution >= 0.6 is 11.6 Å². The van der Waals surface area contributed by atoms with E-state index in [2.05, 4.69) is 10.1 Å². The van der Waals surface area contributed by atoms with Crippen LogP contribution in [-0.2, 0) is 5.54 Å². The molecule has 9 heteroatoms. The van der Waals surface area contributed by atoms with Gasteiger partial charge in [0.25, 0.3) is 0 Å². The minimum atomic E-state index is -5.05. The zero-order chi connectivity index (χ0) is 15.1. The molecule has 0 saturated carbocycles. The SMILES string of the molecule is CC(c1c(F)cccc1F)(n1ncnc1Cl)C(F)(F)F. The van der Waals surface area contributed by atoms with Crippen molar-refractivity contribution in [3.63, 3.8) is 0 Å². The molecule has 0 N–H and O–H groups in total. The van der Waals surface area contributed by atoms with Crippen LogP contribution in [0, 0.1) is 11.6 Å². The third-order valence-electron chi connectivity index (χ3n) is 2.93. The number of nitrogens with zero attached hydrogens (tertiary/aromatic N) is 3. The Bertz CT molecular complexity index is 619. The van der Waals surface area contributed by atoms with E-state index in [-0.39, 0.29) is 4.68 Å². The van der Waals surface area contributed by atoms with Crippen molar-refractivity contribution < 1.29 is 22.0 Å². The second kappa shape index (κ2) is 4.69. The Morgan fingerprint density at radius 3 is 2.10 bits per heavy atom. The summed E-state index contributed by atoms with van der Waals surface area (Å²) in [5.41, 5.74) is -4.31. The Morgan fingerprint density at radius 1 is 1.15 bits per heavy atom. The lowest BCUT2D eigenvalue weighted by atomic mass is 9.90. The van der Waals surface area contributed by atoms with Crippen LogP contribution in [0.2, 0.25) is 5.28 Å².